The second kappa shape index (κ2) is 5.89. The quantitative estimate of drug-likeness (QED) is 0.783. The fourth-order valence-corrected chi connectivity index (χ4v) is 1.28. The normalized spacial score (nSPS) is 11.6. The predicted molar refractivity (Wildman–Crippen MR) is 61.5 cm³/mol. The lowest BCUT2D eigenvalue weighted by Gasteiger charge is -2.11. The Morgan fingerprint density at radius 1 is 1.44 bits per heavy atom. The van der Waals surface area contributed by atoms with Crippen LogP contribution >= 0.6 is 0 Å². The summed E-state index contributed by atoms with van der Waals surface area (Å²) in [5.74, 6) is -0.0337. The molecular weight excluding hydrogens is 202 g/mol. The van der Waals surface area contributed by atoms with Crippen LogP contribution in [0.25, 0.3) is 0 Å². The molecule has 0 aliphatic carbocycles. The number of rotatable bonds is 4. The minimum Gasteiger partial charge on any atom is -0.358 e. The minimum atomic E-state index is -0.222. The van der Waals surface area contributed by atoms with E-state index < -0.39 is 0 Å². The average Bonchev–Trinajstić information content (AvgIpc) is 2.35. The van der Waals surface area contributed by atoms with Gasteiger partial charge in [0.1, 0.15) is 0 Å². The molecule has 16 heavy (non-hydrogen) atoms. The lowest BCUT2D eigenvalue weighted by molar-refractivity contribution is -0.122. The number of carbonyl (C=O) groups excluding carboxylic acids is 1. The number of carbonyl (C=O) groups is 1. The Morgan fingerprint density at radius 2 is 2.06 bits per heavy atom. The Labute approximate surface area is 95.3 Å². The number of amides is 1. The van der Waals surface area contributed by atoms with Crippen LogP contribution in [0.15, 0.2) is 24.3 Å². The first-order chi connectivity index (χ1) is 7.67. The van der Waals surface area contributed by atoms with Gasteiger partial charge in [0.2, 0.25) is 5.91 Å². The third-order valence-corrected chi connectivity index (χ3v) is 2.34. The van der Waals surface area contributed by atoms with E-state index in [-0.39, 0.29) is 11.9 Å². The van der Waals surface area contributed by atoms with Crippen molar-refractivity contribution in [3.05, 3.63) is 35.4 Å². The minimum absolute atomic E-state index is 0.0337. The maximum atomic E-state index is 11.2. The number of hydrogen-bond donors (Lipinski definition) is 2. The second-order valence-electron chi connectivity index (χ2n) is 3.53. The van der Waals surface area contributed by atoms with Gasteiger partial charge in [0.15, 0.2) is 0 Å². The highest BCUT2D eigenvalue weighted by Crippen LogP contribution is 2.03. The smallest absolute Gasteiger partial charge is 0.236 e. The van der Waals surface area contributed by atoms with Gasteiger partial charge in [-0.15, -0.1) is 0 Å². The second-order valence-corrected chi connectivity index (χ2v) is 3.53. The zero-order valence-corrected chi connectivity index (χ0v) is 9.45. The number of hydrogen-bond acceptors (Lipinski definition) is 3. The summed E-state index contributed by atoms with van der Waals surface area (Å²) in [6.07, 6.45) is 0. The van der Waals surface area contributed by atoms with Gasteiger partial charge < -0.3 is 10.6 Å². The van der Waals surface area contributed by atoms with Gasteiger partial charge in [-0.25, -0.2) is 0 Å². The molecule has 0 bridgehead atoms. The van der Waals surface area contributed by atoms with Crippen LogP contribution in [-0.4, -0.2) is 19.0 Å². The summed E-state index contributed by atoms with van der Waals surface area (Å²) < 4.78 is 0. The van der Waals surface area contributed by atoms with Gasteiger partial charge >= 0.3 is 0 Å². The molecule has 84 valence electrons. The summed E-state index contributed by atoms with van der Waals surface area (Å²) in [4.78, 5) is 11.2. The van der Waals surface area contributed by atoms with Crippen molar-refractivity contribution in [1.29, 1.82) is 5.26 Å². The lowest BCUT2D eigenvalue weighted by Crippen LogP contribution is -2.40. The first-order valence-electron chi connectivity index (χ1n) is 5.11. The van der Waals surface area contributed by atoms with E-state index in [1.165, 1.54) is 0 Å². The Hall–Kier alpha value is -1.86. The highest BCUT2D eigenvalue weighted by molar-refractivity contribution is 5.80. The maximum Gasteiger partial charge on any atom is 0.236 e. The molecule has 0 fully saturated rings. The molecule has 0 spiro atoms. The fourth-order valence-electron chi connectivity index (χ4n) is 1.28. The van der Waals surface area contributed by atoms with Crippen molar-refractivity contribution in [2.75, 3.05) is 7.05 Å². The van der Waals surface area contributed by atoms with Crippen LogP contribution in [-0.2, 0) is 11.3 Å². The number of nitrogens with zero attached hydrogens (tertiary/aromatic N) is 1. The molecule has 1 aromatic rings. The van der Waals surface area contributed by atoms with E-state index >= 15 is 0 Å². The topological polar surface area (TPSA) is 64.9 Å². The predicted octanol–water partition coefficient (Wildman–Crippen LogP) is 0.782. The van der Waals surface area contributed by atoms with E-state index in [1.807, 2.05) is 19.1 Å². The molecular formula is C12H15N3O. The van der Waals surface area contributed by atoms with E-state index in [0.717, 1.165) is 5.56 Å². The van der Waals surface area contributed by atoms with Gasteiger partial charge in [0.25, 0.3) is 0 Å². The fraction of sp³-hybridized carbons (Fsp3) is 0.333. The van der Waals surface area contributed by atoms with Crippen LogP contribution in [0.2, 0.25) is 0 Å². The van der Waals surface area contributed by atoms with Gasteiger partial charge in [-0.1, -0.05) is 12.1 Å². The molecule has 2 N–H and O–H groups in total. The van der Waals surface area contributed by atoms with Crippen LogP contribution in [0.5, 0.6) is 0 Å². The van der Waals surface area contributed by atoms with Gasteiger partial charge in [-0.2, -0.15) is 5.26 Å². The Bertz CT molecular complexity index is 392. The largest absolute Gasteiger partial charge is 0.358 e. The Kier molecular flexibility index (Phi) is 4.49. The summed E-state index contributed by atoms with van der Waals surface area (Å²) in [6.45, 7) is 2.42. The van der Waals surface area contributed by atoms with Gasteiger partial charge in [-0.3, -0.25) is 4.79 Å². The molecule has 4 heteroatoms. The molecule has 0 aliphatic heterocycles. The monoisotopic (exact) mass is 217 g/mol. The first kappa shape index (κ1) is 12.2. The van der Waals surface area contributed by atoms with Crippen molar-refractivity contribution in [1.82, 2.24) is 10.6 Å². The van der Waals surface area contributed by atoms with Gasteiger partial charge in [0.05, 0.1) is 17.7 Å². The molecule has 0 saturated carbocycles. The molecule has 0 radical (unpaired) electrons. The van der Waals surface area contributed by atoms with E-state index in [1.54, 1.807) is 19.2 Å². The summed E-state index contributed by atoms with van der Waals surface area (Å²) in [5.41, 5.74) is 1.69. The summed E-state index contributed by atoms with van der Waals surface area (Å²) in [5, 5.41) is 14.3. The SMILES string of the molecule is CNC(=O)[C@@H](C)NCc1ccc(C#N)cc1. The molecule has 4 nitrogen and oxygen atoms in total. The molecule has 1 atom stereocenters. The van der Waals surface area contributed by atoms with Crippen molar-refractivity contribution in [3.63, 3.8) is 0 Å². The number of nitrogens with one attached hydrogen (secondary N) is 2. The average molecular weight is 217 g/mol. The van der Waals surface area contributed by atoms with E-state index in [2.05, 4.69) is 16.7 Å². The first-order valence-corrected chi connectivity index (χ1v) is 5.11. The standard InChI is InChI=1S/C12H15N3O/c1-9(12(16)14-2)15-8-11-5-3-10(7-13)4-6-11/h3-6,9,15H,8H2,1-2H3,(H,14,16)/t9-/m1/s1. The van der Waals surface area contributed by atoms with Crippen molar-refractivity contribution < 1.29 is 4.79 Å². The van der Waals surface area contributed by atoms with Gasteiger partial charge in [0, 0.05) is 13.6 Å². The van der Waals surface area contributed by atoms with Crippen LogP contribution in [0.4, 0.5) is 0 Å². The summed E-state index contributed by atoms with van der Waals surface area (Å²) in [7, 11) is 1.61. The van der Waals surface area contributed by atoms with Crippen molar-refractivity contribution in [2.24, 2.45) is 0 Å². The molecule has 0 heterocycles. The molecule has 0 aliphatic rings. The maximum absolute atomic E-state index is 11.2. The van der Waals surface area contributed by atoms with Crippen molar-refractivity contribution in [3.8, 4) is 6.07 Å². The van der Waals surface area contributed by atoms with E-state index in [0.29, 0.717) is 12.1 Å². The third-order valence-electron chi connectivity index (χ3n) is 2.34. The summed E-state index contributed by atoms with van der Waals surface area (Å²) in [6, 6.07) is 9.13. The molecule has 0 saturated heterocycles. The molecule has 1 amide bonds. The molecule has 1 rings (SSSR count). The highest BCUT2D eigenvalue weighted by atomic mass is 16.2. The zero-order valence-electron chi connectivity index (χ0n) is 9.45. The van der Waals surface area contributed by atoms with Crippen LogP contribution in [0, 0.1) is 11.3 Å². The van der Waals surface area contributed by atoms with Crippen molar-refractivity contribution in [2.45, 2.75) is 19.5 Å². The molecule has 1 aromatic carbocycles. The highest BCUT2D eigenvalue weighted by Gasteiger charge is 2.09. The molecule has 0 aromatic heterocycles. The number of nitriles is 1. The van der Waals surface area contributed by atoms with E-state index in [4.69, 9.17) is 5.26 Å². The van der Waals surface area contributed by atoms with Crippen LogP contribution < -0.4 is 10.6 Å². The van der Waals surface area contributed by atoms with Crippen molar-refractivity contribution >= 4 is 5.91 Å². The van der Waals surface area contributed by atoms with Crippen LogP contribution in [0.1, 0.15) is 18.1 Å². The van der Waals surface area contributed by atoms with Crippen LogP contribution in [0.3, 0.4) is 0 Å². The third kappa shape index (κ3) is 3.37. The molecule has 0 unspecified atom stereocenters. The number of benzene rings is 1. The van der Waals surface area contributed by atoms with Gasteiger partial charge in [-0.05, 0) is 24.6 Å². The Morgan fingerprint density at radius 3 is 2.56 bits per heavy atom. The van der Waals surface area contributed by atoms with E-state index in [9.17, 15) is 4.79 Å². The number of likely N-dealkylation sites (N-methyl/N-ethyl adjacent to an activating group) is 1. The Balaban J connectivity index is 2.49. The lowest BCUT2D eigenvalue weighted by atomic mass is 10.1. The zero-order chi connectivity index (χ0) is 12.0. The summed E-state index contributed by atoms with van der Waals surface area (Å²) >= 11 is 0.